The summed E-state index contributed by atoms with van der Waals surface area (Å²) in [4.78, 5) is 11.9. The van der Waals surface area contributed by atoms with E-state index in [1.807, 2.05) is 0 Å². The van der Waals surface area contributed by atoms with E-state index in [1.165, 1.54) is 0 Å². The molecule has 0 fully saturated rings. The van der Waals surface area contributed by atoms with Crippen LogP contribution in [0.15, 0.2) is 18.2 Å². The number of carbonyl (C=O) groups excluding carboxylic acids is 1. The molecule has 1 aromatic carbocycles. The van der Waals surface area contributed by atoms with E-state index in [0.717, 1.165) is 37.5 Å². The van der Waals surface area contributed by atoms with Gasteiger partial charge in [-0.15, -0.1) is 0 Å². The zero-order valence-electron chi connectivity index (χ0n) is 12.7. The van der Waals surface area contributed by atoms with Gasteiger partial charge in [-0.25, -0.2) is 8.78 Å². The van der Waals surface area contributed by atoms with Crippen LogP contribution in [0.25, 0.3) is 0 Å². The molecule has 0 aliphatic rings. The summed E-state index contributed by atoms with van der Waals surface area (Å²) in [5, 5.41) is 2.71. The highest BCUT2D eigenvalue weighted by atomic mass is 19.1. The molecule has 0 saturated heterocycles. The van der Waals surface area contributed by atoms with Crippen molar-refractivity contribution in [1.29, 1.82) is 0 Å². The van der Waals surface area contributed by atoms with E-state index in [4.69, 9.17) is 5.73 Å². The summed E-state index contributed by atoms with van der Waals surface area (Å²) >= 11 is 0. The summed E-state index contributed by atoms with van der Waals surface area (Å²) < 4.78 is 26.7. The van der Waals surface area contributed by atoms with E-state index in [2.05, 4.69) is 12.2 Å². The quantitative estimate of drug-likeness (QED) is 0.773. The summed E-state index contributed by atoms with van der Waals surface area (Å²) in [6, 6.07) is 2.69. The van der Waals surface area contributed by atoms with Crippen molar-refractivity contribution < 1.29 is 13.6 Å². The summed E-state index contributed by atoms with van der Waals surface area (Å²) in [6.07, 6.45) is 3.02. The van der Waals surface area contributed by atoms with Crippen LogP contribution in [0.3, 0.4) is 0 Å². The Bertz CT molecular complexity index is 466. The maximum Gasteiger partial charge on any atom is 0.220 e. The number of rotatable bonds is 8. The largest absolute Gasteiger partial charge is 0.349 e. The van der Waals surface area contributed by atoms with Gasteiger partial charge in [0.15, 0.2) is 0 Å². The average Bonchev–Trinajstić information content (AvgIpc) is 2.45. The SMILES string of the molecule is CCC(CCN)CCC(=O)NC(C)c1cc(F)ccc1F. The topological polar surface area (TPSA) is 55.1 Å². The van der Waals surface area contributed by atoms with Crippen LogP contribution < -0.4 is 11.1 Å². The minimum atomic E-state index is -0.553. The van der Waals surface area contributed by atoms with Gasteiger partial charge in [0.05, 0.1) is 6.04 Å². The van der Waals surface area contributed by atoms with Crippen molar-refractivity contribution in [3.05, 3.63) is 35.4 Å². The highest BCUT2D eigenvalue weighted by molar-refractivity contribution is 5.76. The Kier molecular flexibility index (Phi) is 7.29. The summed E-state index contributed by atoms with van der Waals surface area (Å²) in [7, 11) is 0. The third-order valence-electron chi connectivity index (χ3n) is 3.73. The van der Waals surface area contributed by atoms with Crippen LogP contribution >= 0.6 is 0 Å². The number of hydrogen-bond donors (Lipinski definition) is 2. The van der Waals surface area contributed by atoms with Gasteiger partial charge < -0.3 is 11.1 Å². The molecule has 5 heteroatoms. The fourth-order valence-electron chi connectivity index (χ4n) is 2.36. The maximum absolute atomic E-state index is 13.6. The van der Waals surface area contributed by atoms with Crippen LogP contribution in [0.4, 0.5) is 8.78 Å². The highest BCUT2D eigenvalue weighted by Gasteiger charge is 2.15. The Morgan fingerprint density at radius 1 is 1.33 bits per heavy atom. The number of nitrogens with one attached hydrogen (secondary N) is 1. The molecule has 21 heavy (non-hydrogen) atoms. The molecule has 2 atom stereocenters. The molecule has 0 radical (unpaired) electrons. The maximum atomic E-state index is 13.6. The lowest BCUT2D eigenvalue weighted by atomic mass is 9.96. The normalized spacial score (nSPS) is 13.8. The van der Waals surface area contributed by atoms with Crippen LogP contribution in [-0.4, -0.2) is 12.5 Å². The third kappa shape index (κ3) is 5.79. The Labute approximate surface area is 124 Å². The van der Waals surface area contributed by atoms with E-state index < -0.39 is 17.7 Å². The first kappa shape index (κ1) is 17.6. The lowest BCUT2D eigenvalue weighted by Gasteiger charge is -2.17. The molecule has 0 heterocycles. The van der Waals surface area contributed by atoms with Crippen LogP contribution in [0.2, 0.25) is 0 Å². The predicted molar refractivity (Wildman–Crippen MR) is 79.6 cm³/mol. The van der Waals surface area contributed by atoms with Crippen molar-refractivity contribution in [2.75, 3.05) is 6.54 Å². The zero-order valence-corrected chi connectivity index (χ0v) is 12.7. The van der Waals surface area contributed by atoms with E-state index in [-0.39, 0.29) is 11.5 Å². The predicted octanol–water partition coefficient (Wildman–Crippen LogP) is 3.30. The van der Waals surface area contributed by atoms with Gasteiger partial charge in [0.1, 0.15) is 11.6 Å². The number of halogens is 2. The van der Waals surface area contributed by atoms with E-state index >= 15 is 0 Å². The minimum Gasteiger partial charge on any atom is -0.349 e. The second-order valence-electron chi connectivity index (χ2n) is 5.35. The van der Waals surface area contributed by atoms with Gasteiger partial charge in [0.2, 0.25) is 5.91 Å². The summed E-state index contributed by atoms with van der Waals surface area (Å²) in [5.41, 5.74) is 5.69. The van der Waals surface area contributed by atoms with Crippen LogP contribution in [0.5, 0.6) is 0 Å². The number of benzene rings is 1. The van der Waals surface area contributed by atoms with Crippen LogP contribution in [0.1, 0.15) is 51.1 Å². The molecule has 0 spiro atoms. The van der Waals surface area contributed by atoms with Crippen molar-refractivity contribution >= 4 is 5.91 Å². The van der Waals surface area contributed by atoms with Crippen molar-refractivity contribution in [3.63, 3.8) is 0 Å². The average molecular weight is 298 g/mol. The standard InChI is InChI=1S/C16H24F2N2O/c1-3-12(8-9-19)4-7-16(21)20-11(2)14-10-13(17)5-6-15(14)18/h5-6,10-12H,3-4,7-9,19H2,1-2H3,(H,20,21). The van der Waals surface area contributed by atoms with Crippen molar-refractivity contribution in [2.45, 2.75) is 45.6 Å². The Morgan fingerprint density at radius 3 is 2.67 bits per heavy atom. The van der Waals surface area contributed by atoms with Gasteiger partial charge in [-0.2, -0.15) is 0 Å². The zero-order chi connectivity index (χ0) is 15.8. The molecule has 0 bridgehead atoms. The first-order valence-corrected chi connectivity index (χ1v) is 7.42. The molecule has 0 aromatic heterocycles. The molecule has 3 N–H and O–H groups in total. The van der Waals surface area contributed by atoms with Crippen molar-refractivity contribution in [2.24, 2.45) is 11.7 Å². The molecule has 0 saturated carbocycles. The summed E-state index contributed by atoms with van der Waals surface area (Å²) in [6.45, 7) is 4.33. The van der Waals surface area contributed by atoms with Gasteiger partial charge in [0.25, 0.3) is 0 Å². The van der Waals surface area contributed by atoms with Crippen molar-refractivity contribution in [1.82, 2.24) is 5.32 Å². The van der Waals surface area contributed by atoms with Gasteiger partial charge >= 0.3 is 0 Å². The number of amides is 1. The minimum absolute atomic E-state index is 0.151. The monoisotopic (exact) mass is 298 g/mol. The molecule has 2 unspecified atom stereocenters. The third-order valence-corrected chi connectivity index (χ3v) is 3.73. The molecule has 1 amide bonds. The van der Waals surface area contributed by atoms with Crippen LogP contribution in [-0.2, 0) is 4.79 Å². The first-order valence-electron chi connectivity index (χ1n) is 7.42. The molecular weight excluding hydrogens is 274 g/mol. The van der Waals surface area contributed by atoms with E-state index in [0.29, 0.717) is 18.9 Å². The Balaban J connectivity index is 2.52. The molecule has 0 aliphatic carbocycles. The lowest BCUT2D eigenvalue weighted by molar-refractivity contribution is -0.122. The van der Waals surface area contributed by atoms with Gasteiger partial charge in [-0.05, 0) is 50.4 Å². The van der Waals surface area contributed by atoms with Gasteiger partial charge in [-0.1, -0.05) is 13.3 Å². The Morgan fingerprint density at radius 2 is 2.05 bits per heavy atom. The number of nitrogens with two attached hydrogens (primary N) is 1. The lowest BCUT2D eigenvalue weighted by Crippen LogP contribution is -2.27. The number of carbonyl (C=O) groups is 1. The van der Waals surface area contributed by atoms with Gasteiger partial charge in [-0.3, -0.25) is 4.79 Å². The molecule has 1 rings (SSSR count). The fourth-order valence-corrected chi connectivity index (χ4v) is 2.36. The fraction of sp³-hybridized carbons (Fsp3) is 0.562. The van der Waals surface area contributed by atoms with E-state index in [9.17, 15) is 13.6 Å². The van der Waals surface area contributed by atoms with Crippen molar-refractivity contribution in [3.8, 4) is 0 Å². The molecular formula is C16H24F2N2O. The second kappa shape index (κ2) is 8.72. The van der Waals surface area contributed by atoms with E-state index in [1.54, 1.807) is 6.92 Å². The first-order chi connectivity index (χ1) is 9.97. The highest BCUT2D eigenvalue weighted by Crippen LogP contribution is 2.19. The Hall–Kier alpha value is -1.49. The van der Waals surface area contributed by atoms with Crippen LogP contribution in [0, 0.1) is 17.6 Å². The molecule has 0 aliphatic heterocycles. The molecule has 118 valence electrons. The second-order valence-corrected chi connectivity index (χ2v) is 5.35. The number of hydrogen-bond acceptors (Lipinski definition) is 2. The molecule has 3 nitrogen and oxygen atoms in total. The molecule has 1 aromatic rings. The van der Waals surface area contributed by atoms with Gasteiger partial charge in [0, 0.05) is 12.0 Å². The summed E-state index contributed by atoms with van der Waals surface area (Å²) in [5.74, 6) is -0.746. The smallest absolute Gasteiger partial charge is 0.220 e.